The molecule has 9 heteroatoms. The Labute approximate surface area is 169 Å². The number of fused-ring (bicyclic) bond motifs is 1. The quantitative estimate of drug-likeness (QED) is 0.828. The number of rotatable bonds is 2. The average Bonchev–Trinajstić information content (AvgIpc) is 2.94. The van der Waals surface area contributed by atoms with E-state index in [4.69, 9.17) is 4.74 Å². The summed E-state index contributed by atoms with van der Waals surface area (Å²) in [7, 11) is 3.33. The van der Waals surface area contributed by atoms with Crippen molar-refractivity contribution in [3.63, 3.8) is 0 Å². The van der Waals surface area contributed by atoms with Gasteiger partial charge in [0.05, 0.1) is 11.4 Å². The predicted molar refractivity (Wildman–Crippen MR) is 108 cm³/mol. The Bertz CT molecular complexity index is 991. The molecule has 1 aliphatic rings. The number of nitrogens with one attached hydrogen (secondary N) is 1. The summed E-state index contributed by atoms with van der Waals surface area (Å²) in [6.45, 7) is 8.37. The van der Waals surface area contributed by atoms with Crippen molar-refractivity contribution >= 4 is 17.6 Å². The third-order valence-electron chi connectivity index (χ3n) is 5.01. The first kappa shape index (κ1) is 20.9. The van der Waals surface area contributed by atoms with E-state index in [1.54, 1.807) is 30.4 Å². The molecular formula is C20H29N5O4. The van der Waals surface area contributed by atoms with Crippen molar-refractivity contribution in [3.05, 3.63) is 33.4 Å². The highest BCUT2D eigenvalue weighted by Gasteiger charge is 2.30. The average molecular weight is 403 g/mol. The van der Waals surface area contributed by atoms with Gasteiger partial charge >= 0.3 is 6.09 Å². The fourth-order valence-electron chi connectivity index (χ4n) is 3.63. The van der Waals surface area contributed by atoms with E-state index < -0.39 is 5.60 Å². The van der Waals surface area contributed by atoms with Gasteiger partial charge in [0.2, 0.25) is 0 Å². The molecule has 0 atom stereocenters. The summed E-state index contributed by atoms with van der Waals surface area (Å²) in [5, 5.41) is 4.53. The van der Waals surface area contributed by atoms with Gasteiger partial charge in [-0.2, -0.15) is 5.10 Å². The second kappa shape index (κ2) is 7.53. The predicted octanol–water partition coefficient (Wildman–Crippen LogP) is 2.15. The minimum Gasteiger partial charge on any atom is -0.444 e. The fraction of sp³-hybridized carbons (Fsp3) is 0.600. The third-order valence-corrected chi connectivity index (χ3v) is 5.01. The Morgan fingerprint density at radius 2 is 1.86 bits per heavy atom. The smallest absolute Gasteiger partial charge is 0.410 e. The Morgan fingerprint density at radius 1 is 1.24 bits per heavy atom. The summed E-state index contributed by atoms with van der Waals surface area (Å²) in [4.78, 5) is 43.1. The van der Waals surface area contributed by atoms with Gasteiger partial charge in [0.1, 0.15) is 16.8 Å². The summed E-state index contributed by atoms with van der Waals surface area (Å²) in [5.41, 5.74) is 1.34. The minimum absolute atomic E-state index is 0.0556. The molecule has 1 saturated heterocycles. The fourth-order valence-corrected chi connectivity index (χ4v) is 3.63. The number of nitrogens with zero attached hydrogens (tertiary/aromatic N) is 4. The van der Waals surface area contributed by atoms with E-state index in [0.717, 1.165) is 5.69 Å². The highest BCUT2D eigenvalue weighted by Crippen LogP contribution is 2.29. The number of likely N-dealkylation sites (tertiary alicyclic amines) is 1. The third kappa shape index (κ3) is 4.28. The van der Waals surface area contributed by atoms with Crippen LogP contribution in [0.3, 0.4) is 0 Å². The first-order chi connectivity index (χ1) is 13.5. The Hall–Kier alpha value is -2.84. The molecule has 158 valence electrons. The van der Waals surface area contributed by atoms with Gasteiger partial charge in [0.15, 0.2) is 0 Å². The van der Waals surface area contributed by atoms with Crippen LogP contribution >= 0.6 is 0 Å². The second-order valence-electron chi connectivity index (χ2n) is 8.72. The van der Waals surface area contributed by atoms with Gasteiger partial charge in [-0.25, -0.2) is 9.31 Å². The van der Waals surface area contributed by atoms with Crippen LogP contribution in [0.15, 0.2) is 10.9 Å². The maximum atomic E-state index is 12.6. The summed E-state index contributed by atoms with van der Waals surface area (Å²) >= 11 is 0. The molecule has 1 aliphatic heterocycles. The van der Waals surface area contributed by atoms with Gasteiger partial charge in [-0.3, -0.25) is 9.59 Å². The van der Waals surface area contributed by atoms with Gasteiger partial charge in [0, 0.05) is 39.2 Å². The number of H-pyrrole nitrogens is 1. The molecule has 2 amide bonds. The number of ether oxygens (including phenoxy) is 1. The van der Waals surface area contributed by atoms with Crippen molar-refractivity contribution in [3.8, 4) is 0 Å². The number of piperidine rings is 1. The van der Waals surface area contributed by atoms with Crippen molar-refractivity contribution in [2.75, 3.05) is 27.2 Å². The lowest BCUT2D eigenvalue weighted by Gasteiger charge is -2.33. The molecule has 2 aromatic heterocycles. The molecular weight excluding hydrogens is 374 g/mol. The Kier molecular flexibility index (Phi) is 5.42. The van der Waals surface area contributed by atoms with Crippen molar-refractivity contribution in [2.24, 2.45) is 0 Å². The molecule has 0 saturated carbocycles. The van der Waals surface area contributed by atoms with Gasteiger partial charge in [-0.1, -0.05) is 0 Å². The normalized spacial score (nSPS) is 15.6. The maximum Gasteiger partial charge on any atom is 0.410 e. The summed E-state index contributed by atoms with van der Waals surface area (Å²) in [6.07, 6.45) is 1.06. The highest BCUT2D eigenvalue weighted by molar-refractivity contribution is 6.00. The minimum atomic E-state index is -0.533. The molecule has 0 radical (unpaired) electrons. The molecule has 1 N–H and O–H groups in total. The summed E-state index contributed by atoms with van der Waals surface area (Å²) in [6, 6.07) is 1.54. The standard InChI is InChI=1S/C20H29N5O4/c1-12-16(18(27)23(5)6)17-21-15(26)11-14(25(17)22-12)13-7-9-24(10-8-13)19(28)29-20(2,3)4/h11,13H,7-10H2,1-6H3,(H,21,26). The van der Waals surface area contributed by atoms with Gasteiger partial charge < -0.3 is 19.5 Å². The molecule has 2 aromatic rings. The number of aromatic amines is 1. The lowest BCUT2D eigenvalue weighted by atomic mass is 9.93. The molecule has 9 nitrogen and oxygen atoms in total. The molecule has 0 bridgehead atoms. The van der Waals surface area contributed by atoms with E-state index in [1.165, 1.54) is 11.0 Å². The van der Waals surface area contributed by atoms with Crippen LogP contribution in [0.4, 0.5) is 4.79 Å². The molecule has 29 heavy (non-hydrogen) atoms. The molecule has 3 rings (SSSR count). The Balaban J connectivity index is 1.88. The van der Waals surface area contributed by atoms with Crippen LogP contribution in [0.5, 0.6) is 0 Å². The maximum absolute atomic E-state index is 12.6. The van der Waals surface area contributed by atoms with Crippen molar-refractivity contribution in [2.45, 2.75) is 52.1 Å². The zero-order valence-corrected chi connectivity index (χ0v) is 17.9. The van der Waals surface area contributed by atoms with Crippen LogP contribution in [0, 0.1) is 6.92 Å². The van der Waals surface area contributed by atoms with E-state index in [0.29, 0.717) is 42.8 Å². The molecule has 0 spiro atoms. The van der Waals surface area contributed by atoms with Crippen molar-refractivity contribution < 1.29 is 14.3 Å². The lowest BCUT2D eigenvalue weighted by molar-refractivity contribution is 0.0203. The number of aryl methyl sites for hydroxylation is 1. The van der Waals surface area contributed by atoms with Crippen LogP contribution < -0.4 is 5.56 Å². The van der Waals surface area contributed by atoms with E-state index in [9.17, 15) is 14.4 Å². The van der Waals surface area contributed by atoms with Crippen LogP contribution in [-0.4, -0.2) is 69.2 Å². The van der Waals surface area contributed by atoms with Crippen molar-refractivity contribution in [1.82, 2.24) is 24.4 Å². The summed E-state index contributed by atoms with van der Waals surface area (Å²) < 4.78 is 7.12. The number of aromatic nitrogens is 3. The molecule has 0 aromatic carbocycles. The highest BCUT2D eigenvalue weighted by atomic mass is 16.6. The number of carbonyl (C=O) groups is 2. The number of carbonyl (C=O) groups excluding carboxylic acids is 2. The second-order valence-corrected chi connectivity index (χ2v) is 8.72. The van der Waals surface area contributed by atoms with Gasteiger partial charge in [-0.15, -0.1) is 0 Å². The monoisotopic (exact) mass is 403 g/mol. The van der Waals surface area contributed by atoms with Crippen LogP contribution in [0.2, 0.25) is 0 Å². The van der Waals surface area contributed by atoms with E-state index in [-0.39, 0.29) is 23.5 Å². The largest absolute Gasteiger partial charge is 0.444 e. The molecule has 0 unspecified atom stereocenters. The number of amides is 2. The molecule has 1 fully saturated rings. The van der Waals surface area contributed by atoms with Gasteiger partial charge in [-0.05, 0) is 40.5 Å². The van der Waals surface area contributed by atoms with Crippen LogP contribution in [-0.2, 0) is 4.74 Å². The molecule has 0 aliphatic carbocycles. The topological polar surface area (TPSA) is 100 Å². The van der Waals surface area contributed by atoms with E-state index in [2.05, 4.69) is 10.1 Å². The summed E-state index contributed by atoms with van der Waals surface area (Å²) in [5.74, 6) is -0.148. The SMILES string of the molecule is Cc1nn2c(C3CCN(C(=O)OC(C)(C)C)CC3)cc(=O)[nH]c2c1C(=O)N(C)C. The zero-order valence-electron chi connectivity index (χ0n) is 17.9. The van der Waals surface area contributed by atoms with Gasteiger partial charge in [0.25, 0.3) is 11.5 Å². The number of hydrogen-bond acceptors (Lipinski definition) is 5. The van der Waals surface area contributed by atoms with E-state index >= 15 is 0 Å². The van der Waals surface area contributed by atoms with Crippen LogP contribution in [0.25, 0.3) is 5.65 Å². The first-order valence-corrected chi connectivity index (χ1v) is 9.80. The number of hydrogen-bond donors (Lipinski definition) is 1. The van der Waals surface area contributed by atoms with E-state index in [1.807, 2.05) is 20.8 Å². The Morgan fingerprint density at radius 3 is 2.41 bits per heavy atom. The van der Waals surface area contributed by atoms with Crippen molar-refractivity contribution in [1.29, 1.82) is 0 Å². The van der Waals surface area contributed by atoms with Crippen LogP contribution in [0.1, 0.15) is 61.3 Å². The molecule has 3 heterocycles. The lowest BCUT2D eigenvalue weighted by Crippen LogP contribution is -2.41. The zero-order chi connectivity index (χ0) is 21.5. The first-order valence-electron chi connectivity index (χ1n) is 9.80.